The standard InChI is InChI=1S/C17H23N3O/c1-12-2-5-17(20-9-12)13-3-4-14(16(18)8-13)10-19-15-6-7-21-11-15/h3-4,8,10,12,15H,2,5-7,9,11,18H2,1H3. The third kappa shape index (κ3) is 3.50. The molecule has 1 fully saturated rings. The molecule has 2 atom stereocenters. The monoisotopic (exact) mass is 285 g/mol. The fraction of sp³-hybridized carbons (Fsp3) is 0.529. The van der Waals surface area contributed by atoms with Gasteiger partial charge in [0, 0.05) is 36.3 Å². The van der Waals surface area contributed by atoms with Crippen LogP contribution >= 0.6 is 0 Å². The van der Waals surface area contributed by atoms with Crippen LogP contribution in [-0.4, -0.2) is 37.7 Å². The number of nitrogen functional groups attached to an aromatic ring is 1. The highest BCUT2D eigenvalue weighted by molar-refractivity contribution is 6.02. The van der Waals surface area contributed by atoms with Gasteiger partial charge in [-0.2, -0.15) is 0 Å². The quantitative estimate of drug-likeness (QED) is 0.685. The van der Waals surface area contributed by atoms with Crippen molar-refractivity contribution in [3.63, 3.8) is 0 Å². The fourth-order valence-corrected chi connectivity index (χ4v) is 2.75. The van der Waals surface area contributed by atoms with Crippen molar-refractivity contribution in [1.29, 1.82) is 0 Å². The van der Waals surface area contributed by atoms with Crippen molar-refractivity contribution < 1.29 is 4.74 Å². The Hall–Kier alpha value is -1.68. The predicted molar refractivity (Wildman–Crippen MR) is 87.5 cm³/mol. The summed E-state index contributed by atoms with van der Waals surface area (Å²) in [4.78, 5) is 9.22. The largest absolute Gasteiger partial charge is 0.398 e. The van der Waals surface area contributed by atoms with Gasteiger partial charge in [0.05, 0.1) is 12.6 Å². The first-order chi connectivity index (χ1) is 10.2. The number of hydrogen-bond acceptors (Lipinski definition) is 4. The molecule has 2 unspecified atom stereocenters. The Bertz CT molecular complexity index is 559. The molecule has 1 saturated heterocycles. The maximum absolute atomic E-state index is 6.16. The molecule has 0 amide bonds. The van der Waals surface area contributed by atoms with Crippen LogP contribution in [0.1, 0.15) is 37.3 Å². The minimum atomic E-state index is 0.285. The smallest absolute Gasteiger partial charge is 0.0755 e. The topological polar surface area (TPSA) is 60.0 Å². The average Bonchev–Trinajstić information content (AvgIpc) is 3.00. The average molecular weight is 285 g/mol. The second-order valence-electron chi connectivity index (χ2n) is 6.07. The van der Waals surface area contributed by atoms with Gasteiger partial charge in [-0.1, -0.05) is 19.1 Å². The summed E-state index contributed by atoms with van der Waals surface area (Å²) in [6.45, 7) is 4.72. The van der Waals surface area contributed by atoms with Crippen LogP contribution in [-0.2, 0) is 4.74 Å². The van der Waals surface area contributed by atoms with Gasteiger partial charge in [-0.15, -0.1) is 0 Å². The second-order valence-corrected chi connectivity index (χ2v) is 6.07. The van der Waals surface area contributed by atoms with Crippen molar-refractivity contribution in [3.8, 4) is 0 Å². The Morgan fingerprint density at radius 2 is 2.29 bits per heavy atom. The van der Waals surface area contributed by atoms with E-state index < -0.39 is 0 Å². The second kappa shape index (κ2) is 6.39. The van der Waals surface area contributed by atoms with E-state index in [0.717, 1.165) is 49.4 Å². The molecule has 3 rings (SSSR count). The summed E-state index contributed by atoms with van der Waals surface area (Å²) in [7, 11) is 0. The lowest BCUT2D eigenvalue weighted by Crippen LogP contribution is -2.14. The van der Waals surface area contributed by atoms with Gasteiger partial charge in [-0.3, -0.25) is 9.98 Å². The van der Waals surface area contributed by atoms with E-state index >= 15 is 0 Å². The minimum absolute atomic E-state index is 0.285. The molecule has 0 spiro atoms. The molecule has 2 aliphatic rings. The number of benzene rings is 1. The molecule has 4 heteroatoms. The van der Waals surface area contributed by atoms with Gasteiger partial charge < -0.3 is 10.5 Å². The lowest BCUT2D eigenvalue weighted by Gasteiger charge is -2.18. The van der Waals surface area contributed by atoms with Crippen molar-refractivity contribution in [2.75, 3.05) is 25.5 Å². The van der Waals surface area contributed by atoms with Crippen molar-refractivity contribution in [2.45, 2.75) is 32.2 Å². The lowest BCUT2D eigenvalue weighted by molar-refractivity contribution is 0.194. The Labute approximate surface area is 126 Å². The van der Waals surface area contributed by atoms with Crippen LogP contribution < -0.4 is 5.73 Å². The maximum atomic E-state index is 6.16. The third-order valence-electron chi connectivity index (χ3n) is 4.22. The highest BCUT2D eigenvalue weighted by Crippen LogP contribution is 2.21. The molecule has 2 N–H and O–H groups in total. The Morgan fingerprint density at radius 3 is 2.95 bits per heavy atom. The van der Waals surface area contributed by atoms with Crippen molar-refractivity contribution in [2.24, 2.45) is 15.9 Å². The van der Waals surface area contributed by atoms with E-state index in [1.165, 1.54) is 12.1 Å². The van der Waals surface area contributed by atoms with E-state index in [1.807, 2.05) is 18.3 Å². The zero-order valence-electron chi connectivity index (χ0n) is 12.6. The summed E-state index contributed by atoms with van der Waals surface area (Å²) in [5.74, 6) is 0.700. The van der Waals surface area contributed by atoms with Crippen LogP contribution in [0, 0.1) is 5.92 Å². The normalized spacial score (nSPS) is 26.2. The molecule has 21 heavy (non-hydrogen) atoms. The van der Waals surface area contributed by atoms with Crippen molar-refractivity contribution >= 4 is 17.6 Å². The van der Waals surface area contributed by atoms with E-state index in [0.29, 0.717) is 5.92 Å². The Morgan fingerprint density at radius 1 is 1.38 bits per heavy atom. The first-order valence-corrected chi connectivity index (χ1v) is 7.76. The predicted octanol–water partition coefficient (Wildman–Crippen LogP) is 2.70. The molecule has 0 aromatic heterocycles. The van der Waals surface area contributed by atoms with Crippen LogP contribution in [0.2, 0.25) is 0 Å². The lowest BCUT2D eigenvalue weighted by atomic mass is 9.95. The number of rotatable bonds is 3. The van der Waals surface area contributed by atoms with Crippen LogP contribution in [0.5, 0.6) is 0 Å². The highest BCUT2D eigenvalue weighted by Gasteiger charge is 2.15. The molecule has 4 nitrogen and oxygen atoms in total. The summed E-state index contributed by atoms with van der Waals surface area (Å²) in [6, 6.07) is 6.47. The number of nitrogens with zero attached hydrogens (tertiary/aromatic N) is 2. The van der Waals surface area contributed by atoms with Gasteiger partial charge in [0.2, 0.25) is 0 Å². The molecule has 2 heterocycles. The van der Waals surface area contributed by atoms with E-state index in [-0.39, 0.29) is 6.04 Å². The van der Waals surface area contributed by atoms with Crippen LogP contribution in [0.25, 0.3) is 0 Å². The highest BCUT2D eigenvalue weighted by atomic mass is 16.5. The fourth-order valence-electron chi connectivity index (χ4n) is 2.75. The zero-order chi connectivity index (χ0) is 14.7. The summed E-state index contributed by atoms with van der Waals surface area (Å²) in [5.41, 5.74) is 10.3. The van der Waals surface area contributed by atoms with Gasteiger partial charge in [-0.25, -0.2) is 0 Å². The molecule has 2 aliphatic heterocycles. The van der Waals surface area contributed by atoms with Crippen molar-refractivity contribution in [3.05, 3.63) is 29.3 Å². The molecule has 1 aromatic carbocycles. The van der Waals surface area contributed by atoms with Gasteiger partial charge in [0.15, 0.2) is 0 Å². The molecule has 0 aliphatic carbocycles. The molecule has 0 bridgehead atoms. The number of aliphatic imine (C=N–C) groups is 2. The molecular weight excluding hydrogens is 262 g/mol. The molecule has 0 saturated carbocycles. The summed E-state index contributed by atoms with van der Waals surface area (Å²) in [5, 5.41) is 0. The van der Waals surface area contributed by atoms with Crippen molar-refractivity contribution in [1.82, 2.24) is 0 Å². The first-order valence-electron chi connectivity index (χ1n) is 7.76. The SMILES string of the molecule is CC1CCC(c2ccc(C=NC3CCOC3)c(N)c2)=NC1. The summed E-state index contributed by atoms with van der Waals surface area (Å²) >= 11 is 0. The van der Waals surface area contributed by atoms with Crippen LogP contribution in [0.15, 0.2) is 28.2 Å². The maximum Gasteiger partial charge on any atom is 0.0755 e. The summed E-state index contributed by atoms with van der Waals surface area (Å²) < 4.78 is 5.32. The number of hydrogen-bond donors (Lipinski definition) is 1. The summed E-state index contributed by atoms with van der Waals surface area (Å²) in [6.07, 6.45) is 5.14. The zero-order valence-corrected chi connectivity index (χ0v) is 12.6. The van der Waals surface area contributed by atoms with Gasteiger partial charge in [0.25, 0.3) is 0 Å². The van der Waals surface area contributed by atoms with E-state index in [9.17, 15) is 0 Å². The van der Waals surface area contributed by atoms with Gasteiger partial charge in [-0.05, 0) is 36.8 Å². The molecule has 1 aromatic rings. The minimum Gasteiger partial charge on any atom is -0.398 e. The van der Waals surface area contributed by atoms with Gasteiger partial charge in [0.1, 0.15) is 0 Å². The third-order valence-corrected chi connectivity index (χ3v) is 4.22. The molecule has 0 radical (unpaired) electrons. The van der Waals surface area contributed by atoms with E-state index in [4.69, 9.17) is 10.5 Å². The Balaban J connectivity index is 1.73. The molecule has 112 valence electrons. The number of nitrogens with two attached hydrogens (primary N) is 1. The van der Waals surface area contributed by atoms with E-state index in [1.54, 1.807) is 0 Å². The number of ether oxygens (including phenoxy) is 1. The first kappa shape index (κ1) is 14.3. The molecular formula is C17H23N3O. The van der Waals surface area contributed by atoms with Gasteiger partial charge >= 0.3 is 0 Å². The number of anilines is 1. The van der Waals surface area contributed by atoms with Crippen LogP contribution in [0.4, 0.5) is 5.69 Å². The van der Waals surface area contributed by atoms with E-state index in [2.05, 4.69) is 23.0 Å². The van der Waals surface area contributed by atoms with Crippen LogP contribution in [0.3, 0.4) is 0 Å². The Kier molecular flexibility index (Phi) is 4.34.